The minimum atomic E-state index is -0.741. The molecule has 6 nitrogen and oxygen atoms in total. The van der Waals surface area contributed by atoms with Gasteiger partial charge in [-0.3, -0.25) is 9.59 Å². The predicted molar refractivity (Wildman–Crippen MR) is 96.0 cm³/mol. The summed E-state index contributed by atoms with van der Waals surface area (Å²) in [6.07, 6.45) is 0. The van der Waals surface area contributed by atoms with Crippen LogP contribution >= 0.6 is 11.8 Å². The average Bonchev–Trinajstić information content (AvgIpc) is 2.58. The van der Waals surface area contributed by atoms with Crippen LogP contribution in [0.1, 0.15) is 26.3 Å². The van der Waals surface area contributed by atoms with Gasteiger partial charge >= 0.3 is 5.97 Å². The first-order valence-electron chi connectivity index (χ1n) is 7.76. The lowest BCUT2D eigenvalue weighted by atomic mass is 10.0. The van der Waals surface area contributed by atoms with Crippen LogP contribution in [0.5, 0.6) is 5.75 Å². The number of nitrogens with two attached hydrogens (primary N) is 1. The Balaban J connectivity index is 2.52. The normalized spacial score (nSPS) is 12.4. The van der Waals surface area contributed by atoms with Crippen molar-refractivity contribution in [2.24, 2.45) is 5.73 Å². The molecule has 0 saturated heterocycles. The Kier molecular flexibility index (Phi) is 8.07. The lowest BCUT2D eigenvalue weighted by Gasteiger charge is -2.30. The number of carbonyl (C=O) groups is 2. The van der Waals surface area contributed by atoms with E-state index in [-0.39, 0.29) is 19.1 Å². The molecule has 0 aliphatic heterocycles. The highest BCUT2D eigenvalue weighted by Crippen LogP contribution is 2.31. The first-order valence-corrected chi connectivity index (χ1v) is 8.74. The lowest BCUT2D eigenvalue weighted by Crippen LogP contribution is -2.52. The quantitative estimate of drug-likeness (QED) is 0.656. The number of hydrogen-bond acceptors (Lipinski definition) is 6. The van der Waals surface area contributed by atoms with Gasteiger partial charge in [-0.05, 0) is 38.5 Å². The highest BCUT2D eigenvalue weighted by Gasteiger charge is 2.32. The minimum Gasteiger partial charge on any atom is -0.497 e. The molecular weight excluding hydrogens is 328 g/mol. The molecule has 24 heavy (non-hydrogen) atoms. The van der Waals surface area contributed by atoms with Crippen LogP contribution in [0.25, 0.3) is 0 Å². The topological polar surface area (TPSA) is 90.7 Å². The van der Waals surface area contributed by atoms with Gasteiger partial charge in [0, 0.05) is 10.5 Å². The van der Waals surface area contributed by atoms with Crippen molar-refractivity contribution in [3.8, 4) is 5.75 Å². The van der Waals surface area contributed by atoms with Crippen LogP contribution in [0.2, 0.25) is 0 Å². The van der Waals surface area contributed by atoms with Gasteiger partial charge in [0.2, 0.25) is 5.91 Å². The van der Waals surface area contributed by atoms with E-state index in [0.29, 0.717) is 0 Å². The van der Waals surface area contributed by atoms with Crippen molar-refractivity contribution in [2.75, 3.05) is 20.3 Å². The summed E-state index contributed by atoms with van der Waals surface area (Å²) in [7, 11) is 1.63. The molecule has 7 heteroatoms. The number of esters is 1. The lowest BCUT2D eigenvalue weighted by molar-refractivity contribution is -0.143. The summed E-state index contributed by atoms with van der Waals surface area (Å²) >= 11 is 1.58. The number of amides is 1. The zero-order valence-electron chi connectivity index (χ0n) is 14.6. The summed E-state index contributed by atoms with van der Waals surface area (Å²) in [5.41, 5.74) is 7.18. The van der Waals surface area contributed by atoms with E-state index in [0.717, 1.165) is 17.1 Å². The molecule has 3 N–H and O–H groups in total. The summed E-state index contributed by atoms with van der Waals surface area (Å²) in [6, 6.07) is 7.02. The van der Waals surface area contributed by atoms with Crippen LogP contribution in [0.4, 0.5) is 0 Å². The average molecular weight is 354 g/mol. The molecule has 0 aliphatic carbocycles. The van der Waals surface area contributed by atoms with Crippen LogP contribution in [0.3, 0.4) is 0 Å². The summed E-state index contributed by atoms with van der Waals surface area (Å²) in [5.74, 6) is 0.686. The predicted octanol–water partition coefficient (Wildman–Crippen LogP) is 1.71. The highest BCUT2D eigenvalue weighted by molar-refractivity contribution is 7.99. The molecule has 134 valence electrons. The molecule has 0 aliphatic rings. The van der Waals surface area contributed by atoms with Crippen LogP contribution < -0.4 is 15.8 Å². The molecule has 0 fully saturated rings. The molecule has 1 amide bonds. The van der Waals surface area contributed by atoms with E-state index in [1.165, 1.54) is 0 Å². The van der Waals surface area contributed by atoms with E-state index in [4.69, 9.17) is 15.2 Å². The Hall–Kier alpha value is -1.73. The van der Waals surface area contributed by atoms with Gasteiger partial charge in [-0.1, -0.05) is 12.1 Å². The van der Waals surface area contributed by atoms with E-state index in [1.54, 1.807) is 25.8 Å². The monoisotopic (exact) mass is 354 g/mol. The first-order chi connectivity index (χ1) is 11.3. The van der Waals surface area contributed by atoms with Gasteiger partial charge in [0.05, 0.1) is 19.8 Å². The third kappa shape index (κ3) is 6.41. The van der Waals surface area contributed by atoms with E-state index in [1.807, 2.05) is 38.1 Å². The maximum Gasteiger partial charge on any atom is 0.325 e. The molecule has 1 atom stereocenters. The number of nitrogens with one attached hydrogen (secondary N) is 1. The number of carbonyl (C=O) groups excluding carboxylic acids is 2. The van der Waals surface area contributed by atoms with Gasteiger partial charge in [0.15, 0.2) is 0 Å². The highest BCUT2D eigenvalue weighted by atomic mass is 32.2. The van der Waals surface area contributed by atoms with Crippen molar-refractivity contribution in [3.63, 3.8) is 0 Å². The Morgan fingerprint density at radius 2 is 1.92 bits per heavy atom. The molecule has 0 radical (unpaired) electrons. The molecular formula is C17H26N2O4S. The maximum atomic E-state index is 12.1. The fraction of sp³-hybridized carbons (Fsp3) is 0.529. The minimum absolute atomic E-state index is 0.167. The van der Waals surface area contributed by atoms with Crippen LogP contribution in [-0.2, 0) is 20.1 Å². The molecule has 0 spiro atoms. The fourth-order valence-electron chi connectivity index (χ4n) is 1.88. The van der Waals surface area contributed by atoms with Gasteiger partial charge in [0.25, 0.3) is 0 Å². The third-order valence-corrected chi connectivity index (χ3v) is 4.99. The fourth-order valence-corrected chi connectivity index (χ4v) is 2.90. The Bertz CT molecular complexity index is 546. The molecule has 0 heterocycles. The summed E-state index contributed by atoms with van der Waals surface area (Å²) in [6.45, 7) is 5.65. The van der Waals surface area contributed by atoms with Crippen LogP contribution in [0, 0.1) is 0 Å². The zero-order valence-corrected chi connectivity index (χ0v) is 15.4. The smallest absolute Gasteiger partial charge is 0.325 e. The van der Waals surface area contributed by atoms with Crippen molar-refractivity contribution in [1.29, 1.82) is 0 Å². The number of methoxy groups -OCH3 is 1. The van der Waals surface area contributed by atoms with Crippen molar-refractivity contribution in [2.45, 2.75) is 37.3 Å². The van der Waals surface area contributed by atoms with Gasteiger partial charge in [-0.15, -0.1) is 11.8 Å². The zero-order chi connectivity index (χ0) is 18.2. The second-order valence-corrected chi connectivity index (χ2v) is 7.37. The summed E-state index contributed by atoms with van der Waals surface area (Å²) in [4.78, 5) is 23.4. The van der Waals surface area contributed by atoms with Crippen LogP contribution in [0.15, 0.2) is 24.3 Å². The van der Waals surface area contributed by atoms with E-state index >= 15 is 0 Å². The number of hydrogen-bond donors (Lipinski definition) is 2. The number of thioether (sulfide) groups is 1. The van der Waals surface area contributed by atoms with Crippen LogP contribution in [-0.4, -0.2) is 42.9 Å². The Labute approximate surface area is 147 Å². The first kappa shape index (κ1) is 20.3. The maximum absolute atomic E-state index is 12.1. The number of rotatable bonds is 9. The molecule has 1 aromatic carbocycles. The Morgan fingerprint density at radius 1 is 1.29 bits per heavy atom. The van der Waals surface area contributed by atoms with Gasteiger partial charge in [0.1, 0.15) is 12.3 Å². The van der Waals surface area contributed by atoms with Gasteiger partial charge in [-0.2, -0.15) is 0 Å². The van der Waals surface area contributed by atoms with Gasteiger partial charge in [-0.25, -0.2) is 0 Å². The van der Waals surface area contributed by atoms with Crippen molar-refractivity contribution < 1.29 is 19.1 Å². The largest absolute Gasteiger partial charge is 0.497 e. The van der Waals surface area contributed by atoms with E-state index < -0.39 is 16.8 Å². The van der Waals surface area contributed by atoms with Gasteiger partial charge < -0.3 is 20.5 Å². The molecule has 1 rings (SSSR count). The second-order valence-electron chi connectivity index (χ2n) is 5.74. The molecule has 0 unspecified atom stereocenters. The van der Waals surface area contributed by atoms with Crippen molar-refractivity contribution in [3.05, 3.63) is 29.8 Å². The summed E-state index contributed by atoms with van der Waals surface area (Å²) in [5, 5.41) is 2.52. The molecule has 0 saturated carbocycles. The van der Waals surface area contributed by atoms with E-state index in [2.05, 4.69) is 5.32 Å². The number of ether oxygens (including phenoxy) is 2. The van der Waals surface area contributed by atoms with E-state index in [9.17, 15) is 9.59 Å². The summed E-state index contributed by atoms with van der Waals surface area (Å²) < 4.78 is 9.41. The Morgan fingerprint density at radius 3 is 2.46 bits per heavy atom. The molecule has 0 aromatic heterocycles. The standard InChI is InChI=1S/C17H26N2O4S/c1-5-23-14(20)10-19-16(21)15(18)17(2,3)24-11-12-6-8-13(22-4)9-7-12/h6-9,15H,5,10-11,18H2,1-4H3,(H,19,21)/t15-/m0/s1. The third-order valence-electron chi connectivity index (χ3n) is 3.51. The second kappa shape index (κ2) is 9.54. The SMILES string of the molecule is CCOC(=O)CNC(=O)[C@H](N)C(C)(C)SCc1ccc(OC)cc1. The molecule has 0 bridgehead atoms. The van der Waals surface area contributed by atoms with Crippen molar-refractivity contribution >= 4 is 23.6 Å². The molecule has 1 aromatic rings. The number of benzene rings is 1. The van der Waals surface area contributed by atoms with Crippen molar-refractivity contribution in [1.82, 2.24) is 5.32 Å².